The lowest BCUT2D eigenvalue weighted by Crippen LogP contribution is -2.30. The number of nitrogens with zero attached hydrogens (tertiary/aromatic N) is 3. The zero-order chi connectivity index (χ0) is 20.0. The van der Waals surface area contributed by atoms with Gasteiger partial charge in [-0.2, -0.15) is 0 Å². The average Bonchev–Trinajstić information content (AvgIpc) is 3.27. The maximum atomic E-state index is 13.1. The Hall–Kier alpha value is -2.68. The first-order valence-corrected chi connectivity index (χ1v) is 11.5. The smallest absolute Gasteiger partial charge is 0.241 e. The summed E-state index contributed by atoms with van der Waals surface area (Å²) in [5.41, 5.74) is 2.09. The number of aryl methyl sites for hydroxylation is 1. The minimum absolute atomic E-state index is 0.155. The molecule has 29 heavy (non-hydrogen) atoms. The SMILES string of the molecule is Cn1cnnc1S[C@H]1c2cccc3cccc(c23)[C@@H]1NS(=O)(=O)c1ccccc1. The van der Waals surface area contributed by atoms with Crippen LogP contribution in [0.3, 0.4) is 0 Å². The third kappa shape index (κ3) is 3.13. The van der Waals surface area contributed by atoms with Crippen LogP contribution in [0.4, 0.5) is 0 Å². The summed E-state index contributed by atoms with van der Waals surface area (Å²) in [4.78, 5) is 0.255. The Bertz CT molecular complexity index is 1300. The number of thioether (sulfide) groups is 1. The van der Waals surface area contributed by atoms with E-state index in [0.29, 0.717) is 0 Å². The molecular formula is C21H18N4O2S2. The first-order chi connectivity index (χ1) is 14.0. The molecule has 8 heteroatoms. The molecule has 3 aromatic carbocycles. The highest BCUT2D eigenvalue weighted by atomic mass is 32.2. The summed E-state index contributed by atoms with van der Waals surface area (Å²) in [7, 11) is -1.80. The number of hydrogen-bond acceptors (Lipinski definition) is 5. The summed E-state index contributed by atoms with van der Waals surface area (Å²) in [5.74, 6) is 0. The minimum Gasteiger partial charge on any atom is -0.312 e. The van der Waals surface area contributed by atoms with Gasteiger partial charge in [0.05, 0.1) is 16.2 Å². The summed E-state index contributed by atoms with van der Waals surface area (Å²) in [6.07, 6.45) is 1.65. The van der Waals surface area contributed by atoms with E-state index in [2.05, 4.69) is 33.1 Å². The molecular weight excluding hydrogens is 404 g/mol. The molecule has 0 radical (unpaired) electrons. The van der Waals surface area contributed by atoms with E-state index in [9.17, 15) is 8.42 Å². The van der Waals surface area contributed by atoms with Crippen molar-refractivity contribution in [2.45, 2.75) is 21.3 Å². The van der Waals surface area contributed by atoms with Crippen LogP contribution in [-0.4, -0.2) is 23.2 Å². The number of sulfonamides is 1. The van der Waals surface area contributed by atoms with Gasteiger partial charge in [0, 0.05) is 7.05 Å². The molecule has 1 N–H and O–H groups in total. The zero-order valence-corrected chi connectivity index (χ0v) is 17.2. The van der Waals surface area contributed by atoms with Crippen LogP contribution in [-0.2, 0) is 17.1 Å². The first kappa shape index (κ1) is 18.4. The van der Waals surface area contributed by atoms with Crippen LogP contribution in [0, 0.1) is 0 Å². The molecule has 1 aromatic heterocycles. The predicted octanol–water partition coefficient (Wildman–Crippen LogP) is 3.83. The van der Waals surface area contributed by atoms with Gasteiger partial charge in [0.1, 0.15) is 6.33 Å². The van der Waals surface area contributed by atoms with Crippen LogP contribution in [0.25, 0.3) is 10.8 Å². The molecule has 1 aliphatic carbocycles. The molecule has 0 fully saturated rings. The van der Waals surface area contributed by atoms with E-state index in [1.54, 1.807) is 36.7 Å². The van der Waals surface area contributed by atoms with Crippen molar-refractivity contribution in [3.05, 3.63) is 84.2 Å². The molecule has 146 valence electrons. The van der Waals surface area contributed by atoms with E-state index >= 15 is 0 Å². The van der Waals surface area contributed by atoms with Crippen molar-refractivity contribution in [2.75, 3.05) is 0 Å². The minimum atomic E-state index is -3.69. The zero-order valence-electron chi connectivity index (χ0n) is 15.6. The van der Waals surface area contributed by atoms with Crippen molar-refractivity contribution in [1.82, 2.24) is 19.5 Å². The van der Waals surface area contributed by atoms with Crippen molar-refractivity contribution < 1.29 is 8.42 Å². The lowest BCUT2D eigenvalue weighted by molar-refractivity contribution is 0.557. The Kier molecular flexibility index (Phi) is 4.42. The normalized spacial score (nSPS) is 18.4. The van der Waals surface area contributed by atoms with E-state index in [4.69, 9.17) is 0 Å². The fourth-order valence-corrected chi connectivity index (χ4v) is 6.37. The Balaban J connectivity index is 1.62. The molecule has 0 spiro atoms. The molecule has 2 atom stereocenters. The number of nitrogens with one attached hydrogen (secondary N) is 1. The van der Waals surface area contributed by atoms with E-state index in [-0.39, 0.29) is 10.1 Å². The Morgan fingerprint density at radius 2 is 1.69 bits per heavy atom. The average molecular weight is 423 g/mol. The summed E-state index contributed by atoms with van der Waals surface area (Å²) in [5, 5.41) is 10.9. The molecule has 0 amide bonds. The van der Waals surface area contributed by atoms with Crippen molar-refractivity contribution in [3.8, 4) is 0 Å². The quantitative estimate of drug-likeness (QED) is 0.529. The maximum Gasteiger partial charge on any atom is 0.241 e. The van der Waals surface area contributed by atoms with Crippen LogP contribution in [0.1, 0.15) is 22.4 Å². The third-order valence-electron chi connectivity index (χ3n) is 5.15. The number of rotatable bonds is 5. The highest BCUT2D eigenvalue weighted by Gasteiger charge is 2.38. The van der Waals surface area contributed by atoms with Gasteiger partial charge < -0.3 is 4.57 Å². The molecule has 1 aliphatic rings. The van der Waals surface area contributed by atoms with Gasteiger partial charge in [0.2, 0.25) is 10.0 Å². The monoisotopic (exact) mass is 422 g/mol. The van der Waals surface area contributed by atoms with Crippen LogP contribution >= 0.6 is 11.8 Å². The van der Waals surface area contributed by atoms with Crippen molar-refractivity contribution in [1.29, 1.82) is 0 Å². The van der Waals surface area contributed by atoms with Crippen LogP contribution in [0.5, 0.6) is 0 Å². The molecule has 0 unspecified atom stereocenters. The van der Waals surface area contributed by atoms with E-state index < -0.39 is 16.1 Å². The van der Waals surface area contributed by atoms with Gasteiger partial charge in [-0.25, -0.2) is 13.1 Å². The van der Waals surface area contributed by atoms with Gasteiger partial charge in [-0.1, -0.05) is 66.4 Å². The molecule has 0 saturated carbocycles. The maximum absolute atomic E-state index is 13.1. The lowest BCUT2D eigenvalue weighted by atomic mass is 10.1. The van der Waals surface area contributed by atoms with E-state index in [1.807, 2.05) is 29.8 Å². The van der Waals surface area contributed by atoms with Gasteiger partial charge in [0.25, 0.3) is 0 Å². The molecule has 5 rings (SSSR count). The van der Waals surface area contributed by atoms with Gasteiger partial charge >= 0.3 is 0 Å². The number of hydrogen-bond donors (Lipinski definition) is 1. The largest absolute Gasteiger partial charge is 0.312 e. The summed E-state index contributed by atoms with van der Waals surface area (Å²) >= 11 is 1.52. The van der Waals surface area contributed by atoms with Gasteiger partial charge in [-0.3, -0.25) is 0 Å². The van der Waals surface area contributed by atoms with Gasteiger partial charge in [0.15, 0.2) is 5.16 Å². The van der Waals surface area contributed by atoms with Gasteiger partial charge in [-0.15, -0.1) is 10.2 Å². The van der Waals surface area contributed by atoms with Crippen molar-refractivity contribution in [3.63, 3.8) is 0 Å². The first-order valence-electron chi connectivity index (χ1n) is 9.14. The summed E-state index contributed by atoms with van der Waals surface area (Å²) < 4.78 is 31.0. The van der Waals surface area contributed by atoms with Crippen LogP contribution in [0.15, 0.2) is 83.1 Å². The standard InChI is InChI=1S/C21H18N4O2S2/c1-25-13-22-23-21(25)28-20-17-12-6-8-14-7-5-11-16(18(14)17)19(20)24-29(26,27)15-9-3-2-4-10-15/h2-13,19-20,24H,1H3/t19-,20-/m0/s1. The van der Waals surface area contributed by atoms with Crippen molar-refractivity contribution in [2.24, 2.45) is 7.05 Å². The predicted molar refractivity (Wildman–Crippen MR) is 113 cm³/mol. The lowest BCUT2D eigenvalue weighted by Gasteiger charge is -2.22. The third-order valence-corrected chi connectivity index (χ3v) is 7.97. The molecule has 1 heterocycles. The highest BCUT2D eigenvalue weighted by Crippen LogP contribution is 2.52. The fraction of sp³-hybridized carbons (Fsp3) is 0.143. The molecule has 0 aliphatic heterocycles. The van der Waals surface area contributed by atoms with E-state index in [0.717, 1.165) is 27.1 Å². The van der Waals surface area contributed by atoms with Gasteiger partial charge in [-0.05, 0) is 34.0 Å². The molecule has 4 aromatic rings. The number of aromatic nitrogens is 3. The number of benzene rings is 3. The topological polar surface area (TPSA) is 76.9 Å². The second-order valence-electron chi connectivity index (χ2n) is 6.97. The van der Waals surface area contributed by atoms with Crippen LogP contribution < -0.4 is 4.72 Å². The molecule has 6 nitrogen and oxygen atoms in total. The Morgan fingerprint density at radius 1 is 0.966 bits per heavy atom. The highest BCUT2D eigenvalue weighted by molar-refractivity contribution is 7.99. The Morgan fingerprint density at radius 3 is 2.38 bits per heavy atom. The Labute approximate surface area is 173 Å². The fourth-order valence-electron chi connectivity index (χ4n) is 3.82. The second-order valence-corrected chi connectivity index (χ2v) is 9.79. The van der Waals surface area contributed by atoms with Crippen molar-refractivity contribution >= 4 is 32.6 Å². The molecule has 0 saturated heterocycles. The summed E-state index contributed by atoms with van der Waals surface area (Å²) in [6.45, 7) is 0. The summed E-state index contributed by atoms with van der Waals surface area (Å²) in [6, 6.07) is 20.2. The van der Waals surface area contributed by atoms with Crippen LogP contribution in [0.2, 0.25) is 0 Å². The second kappa shape index (κ2) is 6.98. The van der Waals surface area contributed by atoms with E-state index in [1.165, 1.54) is 11.8 Å². The molecule has 0 bridgehead atoms.